The molecule has 0 bridgehead atoms. The third-order valence-electron chi connectivity index (χ3n) is 15.3. The quantitative estimate of drug-likeness (QED) is 0.149. The first kappa shape index (κ1) is 42.0. The molecule has 2 aromatic heterocycles. The Hall–Kier alpha value is -9.76. The van der Waals surface area contributed by atoms with Gasteiger partial charge in [-0.25, -0.2) is 0 Å². The summed E-state index contributed by atoms with van der Waals surface area (Å²) in [5.41, 5.74) is 19.6. The van der Waals surface area contributed by atoms with Crippen molar-refractivity contribution in [2.24, 2.45) is 0 Å². The van der Waals surface area contributed by atoms with Gasteiger partial charge in [-0.3, -0.25) is 0 Å². The molecule has 0 saturated heterocycles. The lowest BCUT2D eigenvalue weighted by Crippen LogP contribution is -2.03. The van der Waals surface area contributed by atoms with Gasteiger partial charge in [-0.1, -0.05) is 231 Å². The summed E-state index contributed by atoms with van der Waals surface area (Å²) in [6.07, 6.45) is 0. The van der Waals surface area contributed by atoms with Crippen LogP contribution in [0.5, 0.6) is 0 Å². The number of furan rings is 2. The van der Waals surface area contributed by atoms with Crippen molar-refractivity contribution >= 4 is 76.2 Å². The van der Waals surface area contributed by atoms with Crippen LogP contribution in [-0.2, 0) is 0 Å². The van der Waals surface area contributed by atoms with Crippen molar-refractivity contribution in [3.05, 3.63) is 267 Å². The monoisotopic (exact) mass is 940 g/mol. The third kappa shape index (κ3) is 6.52. The van der Waals surface area contributed by atoms with Gasteiger partial charge in [0.25, 0.3) is 0 Å². The Labute approximate surface area is 427 Å². The van der Waals surface area contributed by atoms with Crippen LogP contribution in [0, 0.1) is 0 Å². The molecule has 13 aromatic carbocycles. The minimum absolute atomic E-state index is 0.858. The summed E-state index contributed by atoms with van der Waals surface area (Å²) >= 11 is 0. The molecule has 0 aliphatic heterocycles. The summed E-state index contributed by atoms with van der Waals surface area (Å²) in [4.78, 5) is 0. The van der Waals surface area contributed by atoms with Crippen LogP contribution in [0.3, 0.4) is 0 Å². The smallest absolute Gasteiger partial charge is 0.135 e. The standard InChI is InChI=1S/C72H44O2/c1-4-22-46(23-5-1)65-66(47-24-6-2-7-25-47)69(50-40-42-64-60(44-50)53-31-17-19-38-62(53)74-64)72(67(48-26-8-3-9-27-48)68(65)49-39-41-63-59(43-49)52-30-16-18-37-61(52)73-63)71-57-34-14-12-32-55(57)70(56-33-13-15-35-58(56)71)54-36-20-28-45-21-10-11-29-51(45)54/h1-44H. The Kier molecular flexibility index (Phi) is 9.61. The normalized spacial score (nSPS) is 11.8. The second kappa shape index (κ2) is 16.9. The lowest BCUT2D eigenvalue weighted by molar-refractivity contribution is 0.668. The van der Waals surface area contributed by atoms with E-state index in [-0.39, 0.29) is 0 Å². The lowest BCUT2D eigenvalue weighted by atomic mass is 9.72. The fraction of sp³-hybridized carbons (Fsp3) is 0. The zero-order chi connectivity index (χ0) is 48.7. The van der Waals surface area contributed by atoms with E-state index in [0.717, 1.165) is 105 Å². The minimum Gasteiger partial charge on any atom is -0.456 e. The van der Waals surface area contributed by atoms with Gasteiger partial charge in [-0.15, -0.1) is 0 Å². The van der Waals surface area contributed by atoms with E-state index >= 15 is 0 Å². The highest BCUT2D eigenvalue weighted by molar-refractivity contribution is 6.28. The molecule has 0 spiro atoms. The van der Waals surface area contributed by atoms with Gasteiger partial charge in [-0.05, 0) is 147 Å². The molecule has 2 nitrogen and oxygen atoms in total. The summed E-state index contributed by atoms with van der Waals surface area (Å²) in [5, 5.41) is 11.5. The average Bonchev–Trinajstić information content (AvgIpc) is 4.09. The Morgan fingerprint density at radius 1 is 0.176 bits per heavy atom. The first-order valence-corrected chi connectivity index (χ1v) is 25.4. The molecule has 0 aliphatic rings. The highest BCUT2D eigenvalue weighted by atomic mass is 16.3. The van der Waals surface area contributed by atoms with E-state index in [1.165, 1.54) is 49.0 Å². The van der Waals surface area contributed by atoms with E-state index in [1.807, 2.05) is 6.07 Å². The van der Waals surface area contributed by atoms with Crippen LogP contribution < -0.4 is 0 Å². The molecule has 0 amide bonds. The van der Waals surface area contributed by atoms with Gasteiger partial charge in [0, 0.05) is 21.5 Å². The number of hydrogen-bond acceptors (Lipinski definition) is 2. The fourth-order valence-corrected chi connectivity index (χ4v) is 12.2. The molecule has 15 aromatic rings. The molecule has 0 N–H and O–H groups in total. The van der Waals surface area contributed by atoms with E-state index in [4.69, 9.17) is 8.83 Å². The molecule has 0 radical (unpaired) electrons. The molecular formula is C72H44O2. The Bertz CT molecular complexity index is 4630. The van der Waals surface area contributed by atoms with Crippen LogP contribution in [0.25, 0.3) is 154 Å². The molecule has 2 heterocycles. The van der Waals surface area contributed by atoms with Crippen LogP contribution in [-0.4, -0.2) is 0 Å². The Balaban J connectivity index is 1.23. The van der Waals surface area contributed by atoms with Gasteiger partial charge < -0.3 is 8.83 Å². The first-order valence-electron chi connectivity index (χ1n) is 25.4. The van der Waals surface area contributed by atoms with Crippen molar-refractivity contribution < 1.29 is 8.83 Å². The molecule has 0 saturated carbocycles. The zero-order valence-electron chi connectivity index (χ0n) is 40.2. The maximum absolute atomic E-state index is 6.59. The molecule has 74 heavy (non-hydrogen) atoms. The van der Waals surface area contributed by atoms with Gasteiger partial charge in [-0.2, -0.15) is 0 Å². The summed E-state index contributed by atoms with van der Waals surface area (Å²) < 4.78 is 13.1. The summed E-state index contributed by atoms with van der Waals surface area (Å²) in [6.45, 7) is 0. The molecule has 0 fully saturated rings. The predicted molar refractivity (Wildman–Crippen MR) is 312 cm³/mol. The first-order chi connectivity index (χ1) is 36.7. The molecule has 0 unspecified atom stereocenters. The van der Waals surface area contributed by atoms with Crippen LogP contribution in [0.4, 0.5) is 0 Å². The topological polar surface area (TPSA) is 26.3 Å². The second-order valence-corrected chi connectivity index (χ2v) is 19.3. The van der Waals surface area contributed by atoms with Gasteiger partial charge >= 0.3 is 0 Å². The van der Waals surface area contributed by atoms with Crippen LogP contribution >= 0.6 is 0 Å². The summed E-state index contributed by atoms with van der Waals surface area (Å²) in [5.74, 6) is 0. The largest absolute Gasteiger partial charge is 0.456 e. The van der Waals surface area contributed by atoms with Gasteiger partial charge in [0.05, 0.1) is 0 Å². The van der Waals surface area contributed by atoms with Crippen LogP contribution in [0.15, 0.2) is 276 Å². The van der Waals surface area contributed by atoms with Crippen molar-refractivity contribution in [3.63, 3.8) is 0 Å². The molecule has 15 rings (SSSR count). The minimum atomic E-state index is 0.858. The van der Waals surface area contributed by atoms with Gasteiger partial charge in [0.15, 0.2) is 0 Å². The van der Waals surface area contributed by atoms with Crippen molar-refractivity contribution in [1.29, 1.82) is 0 Å². The average molecular weight is 941 g/mol. The van der Waals surface area contributed by atoms with E-state index < -0.39 is 0 Å². The number of benzene rings is 13. The van der Waals surface area contributed by atoms with E-state index in [1.54, 1.807) is 0 Å². The van der Waals surface area contributed by atoms with E-state index in [0.29, 0.717) is 0 Å². The van der Waals surface area contributed by atoms with Crippen molar-refractivity contribution in [2.75, 3.05) is 0 Å². The molecule has 2 heteroatoms. The maximum Gasteiger partial charge on any atom is 0.135 e. The summed E-state index contributed by atoms with van der Waals surface area (Å²) in [7, 11) is 0. The number of fused-ring (bicyclic) bond motifs is 9. The Morgan fingerprint density at radius 3 is 1.00 bits per heavy atom. The van der Waals surface area contributed by atoms with Gasteiger partial charge in [0.2, 0.25) is 0 Å². The molecular weight excluding hydrogens is 897 g/mol. The van der Waals surface area contributed by atoms with Gasteiger partial charge in [0.1, 0.15) is 22.3 Å². The predicted octanol–water partition coefficient (Wildman–Crippen LogP) is 20.6. The van der Waals surface area contributed by atoms with Crippen LogP contribution in [0.2, 0.25) is 0 Å². The van der Waals surface area contributed by atoms with Crippen molar-refractivity contribution in [2.45, 2.75) is 0 Å². The van der Waals surface area contributed by atoms with E-state index in [9.17, 15) is 0 Å². The number of para-hydroxylation sites is 2. The van der Waals surface area contributed by atoms with Crippen molar-refractivity contribution in [1.82, 2.24) is 0 Å². The zero-order valence-corrected chi connectivity index (χ0v) is 40.2. The maximum atomic E-state index is 6.59. The highest BCUT2D eigenvalue weighted by Crippen LogP contribution is 2.59. The SMILES string of the molecule is c1ccc(-c2c(-c3ccc4oc5ccccc5c4c3)c(-c3ccccc3)c(-c3c4ccccc4c(-c4cccc5ccccc45)c4ccccc34)c(-c3ccc4oc5ccccc5c4c3)c2-c2ccccc2)cc1. The number of rotatable bonds is 7. The number of hydrogen-bond donors (Lipinski definition) is 0. The molecule has 344 valence electrons. The fourth-order valence-electron chi connectivity index (χ4n) is 12.2. The van der Waals surface area contributed by atoms with Crippen LogP contribution in [0.1, 0.15) is 0 Å². The third-order valence-corrected chi connectivity index (χ3v) is 15.3. The second-order valence-electron chi connectivity index (χ2n) is 19.3. The molecule has 0 aliphatic carbocycles. The highest BCUT2D eigenvalue weighted by Gasteiger charge is 2.32. The Morgan fingerprint density at radius 2 is 0.514 bits per heavy atom. The van der Waals surface area contributed by atoms with E-state index in [2.05, 4.69) is 261 Å². The lowest BCUT2D eigenvalue weighted by Gasteiger charge is -2.30. The summed E-state index contributed by atoms with van der Waals surface area (Å²) in [6, 6.07) is 97.4. The van der Waals surface area contributed by atoms with Crippen molar-refractivity contribution in [3.8, 4) is 77.9 Å². The molecule has 0 atom stereocenters.